The van der Waals surface area contributed by atoms with Gasteiger partial charge in [0, 0.05) is 26.4 Å². The Morgan fingerprint density at radius 1 is 1.32 bits per heavy atom. The predicted octanol–water partition coefficient (Wildman–Crippen LogP) is 3.79. The maximum atomic E-state index is 12.1. The van der Waals surface area contributed by atoms with Crippen LogP contribution < -0.4 is 5.56 Å². The molecule has 0 radical (unpaired) electrons. The average Bonchev–Trinajstić information content (AvgIpc) is 2.26. The number of pyridine rings is 1. The van der Waals surface area contributed by atoms with Gasteiger partial charge < -0.3 is 4.98 Å². The summed E-state index contributed by atoms with van der Waals surface area (Å²) in [5.74, 6) is 0.623. The largest absolute Gasteiger partial charge is 0.305 e. The Hall–Kier alpha value is -1.01. The highest BCUT2D eigenvalue weighted by Gasteiger charge is 2.14. The molecule has 0 aliphatic heterocycles. The zero-order valence-electron chi connectivity index (χ0n) is 10.8. The zero-order valence-corrected chi connectivity index (χ0v) is 14.0. The quantitative estimate of drug-likeness (QED) is 0.854. The molecule has 6 heteroatoms. The molecule has 0 atom stereocenters. The van der Waals surface area contributed by atoms with Gasteiger partial charge in [0.05, 0.1) is 0 Å². The monoisotopic (exact) mass is 385 g/mol. The van der Waals surface area contributed by atoms with E-state index in [4.69, 9.17) is 0 Å². The molecule has 2 aromatic rings. The van der Waals surface area contributed by atoms with Crippen LogP contribution in [0.5, 0.6) is 0 Å². The zero-order chi connectivity index (χ0) is 14.2. The Balaban J connectivity index is 2.62. The second kappa shape index (κ2) is 5.54. The van der Waals surface area contributed by atoms with Crippen LogP contribution in [-0.4, -0.2) is 15.0 Å². The van der Waals surface area contributed by atoms with Crippen molar-refractivity contribution >= 4 is 31.9 Å². The average molecular weight is 387 g/mol. The second-order valence-corrected chi connectivity index (χ2v) is 6.32. The molecule has 0 aromatic carbocycles. The van der Waals surface area contributed by atoms with Gasteiger partial charge in [0.2, 0.25) is 0 Å². The van der Waals surface area contributed by atoms with Crippen LogP contribution in [0.4, 0.5) is 0 Å². The lowest BCUT2D eigenvalue weighted by atomic mass is 10.0. The fourth-order valence-corrected chi connectivity index (χ4v) is 3.15. The lowest BCUT2D eigenvalue weighted by Crippen LogP contribution is -2.18. The van der Waals surface area contributed by atoms with Crippen molar-refractivity contribution in [1.82, 2.24) is 15.0 Å². The van der Waals surface area contributed by atoms with Crippen molar-refractivity contribution in [3.63, 3.8) is 0 Å². The number of nitrogens with one attached hydrogen (secondary N) is 1. The van der Waals surface area contributed by atoms with E-state index in [2.05, 4.69) is 46.8 Å². The van der Waals surface area contributed by atoms with Crippen molar-refractivity contribution in [3.05, 3.63) is 42.8 Å². The van der Waals surface area contributed by atoms with E-state index in [0.29, 0.717) is 11.5 Å². The highest BCUT2D eigenvalue weighted by molar-refractivity contribution is 9.11. The van der Waals surface area contributed by atoms with E-state index in [1.807, 2.05) is 26.8 Å². The second-order valence-electron chi connectivity index (χ2n) is 4.55. The van der Waals surface area contributed by atoms with Crippen molar-refractivity contribution in [2.24, 2.45) is 0 Å². The summed E-state index contributed by atoms with van der Waals surface area (Å²) in [6, 6.07) is 1.87. The summed E-state index contributed by atoms with van der Waals surface area (Å²) in [6.45, 7) is 5.81. The molecule has 4 nitrogen and oxygen atoms in total. The minimum absolute atomic E-state index is 0.103. The molecule has 19 heavy (non-hydrogen) atoms. The standard InChI is InChI=1S/C13H13Br2N3O/c1-6(2)10-7(3)17-12(18-13(10)19)11-9(15)4-8(14)5-16-11/h4-6H,1-3H3,(H,17,18,19). The molecule has 2 rings (SSSR count). The van der Waals surface area contributed by atoms with Gasteiger partial charge in [-0.2, -0.15) is 0 Å². The van der Waals surface area contributed by atoms with E-state index in [1.54, 1.807) is 6.20 Å². The minimum Gasteiger partial charge on any atom is -0.305 e. The van der Waals surface area contributed by atoms with Crippen LogP contribution in [0.1, 0.15) is 31.0 Å². The van der Waals surface area contributed by atoms with E-state index >= 15 is 0 Å². The van der Waals surface area contributed by atoms with Gasteiger partial charge in [0.1, 0.15) is 5.69 Å². The molecular formula is C13H13Br2N3O. The molecule has 0 spiro atoms. The highest BCUT2D eigenvalue weighted by Crippen LogP contribution is 2.26. The summed E-state index contributed by atoms with van der Waals surface area (Å²) in [5, 5.41) is 0. The first-order valence-corrected chi connectivity index (χ1v) is 7.41. The Kier molecular flexibility index (Phi) is 4.20. The van der Waals surface area contributed by atoms with Crippen molar-refractivity contribution in [2.45, 2.75) is 26.7 Å². The van der Waals surface area contributed by atoms with Crippen molar-refractivity contribution in [3.8, 4) is 11.5 Å². The molecule has 0 bridgehead atoms. The third-order valence-electron chi connectivity index (χ3n) is 2.76. The van der Waals surface area contributed by atoms with Gasteiger partial charge in [-0.05, 0) is 50.8 Å². The van der Waals surface area contributed by atoms with Gasteiger partial charge in [-0.25, -0.2) is 4.98 Å². The molecule has 0 saturated carbocycles. The smallest absolute Gasteiger partial charge is 0.254 e. The van der Waals surface area contributed by atoms with Gasteiger partial charge in [-0.1, -0.05) is 13.8 Å². The van der Waals surface area contributed by atoms with Crippen LogP contribution in [-0.2, 0) is 0 Å². The maximum Gasteiger partial charge on any atom is 0.254 e. The lowest BCUT2D eigenvalue weighted by Gasteiger charge is -2.10. The molecule has 0 amide bonds. The summed E-state index contributed by atoms with van der Waals surface area (Å²) in [4.78, 5) is 23.6. The molecule has 0 aliphatic rings. The molecule has 100 valence electrons. The van der Waals surface area contributed by atoms with E-state index in [9.17, 15) is 4.79 Å². The predicted molar refractivity (Wildman–Crippen MR) is 82.3 cm³/mol. The number of aromatic amines is 1. The van der Waals surface area contributed by atoms with Crippen molar-refractivity contribution in [2.75, 3.05) is 0 Å². The summed E-state index contributed by atoms with van der Waals surface area (Å²) in [5.41, 5.74) is 1.98. The van der Waals surface area contributed by atoms with Crippen molar-refractivity contribution < 1.29 is 0 Å². The molecule has 2 heterocycles. The number of hydrogen-bond donors (Lipinski definition) is 1. The highest BCUT2D eigenvalue weighted by atomic mass is 79.9. The van der Waals surface area contributed by atoms with E-state index in [-0.39, 0.29) is 11.5 Å². The third-order valence-corrected chi connectivity index (χ3v) is 3.79. The number of halogens is 2. The van der Waals surface area contributed by atoms with E-state index < -0.39 is 0 Å². The number of nitrogens with zero attached hydrogens (tertiary/aromatic N) is 2. The van der Waals surface area contributed by atoms with Crippen LogP contribution in [0.25, 0.3) is 11.5 Å². The Labute approximate surface area is 128 Å². The molecule has 2 aromatic heterocycles. The van der Waals surface area contributed by atoms with Gasteiger partial charge in [-0.3, -0.25) is 9.78 Å². The van der Waals surface area contributed by atoms with Crippen molar-refractivity contribution in [1.29, 1.82) is 0 Å². The summed E-state index contributed by atoms with van der Waals surface area (Å²) >= 11 is 6.77. The number of hydrogen-bond acceptors (Lipinski definition) is 3. The molecular weight excluding hydrogens is 374 g/mol. The molecule has 0 aliphatic carbocycles. The normalized spacial score (nSPS) is 11.1. The number of H-pyrrole nitrogens is 1. The molecule has 0 fully saturated rings. The topological polar surface area (TPSA) is 58.6 Å². The number of aryl methyl sites for hydroxylation is 1. The SMILES string of the molecule is Cc1nc(-c2ncc(Br)cc2Br)[nH]c(=O)c1C(C)C. The van der Waals surface area contributed by atoms with Crippen LogP contribution in [0.3, 0.4) is 0 Å². The Morgan fingerprint density at radius 2 is 2.00 bits per heavy atom. The molecule has 0 saturated heterocycles. The summed E-state index contributed by atoms with van der Waals surface area (Å²) in [6.07, 6.45) is 1.67. The van der Waals surface area contributed by atoms with Crippen LogP contribution in [0, 0.1) is 6.92 Å². The van der Waals surface area contributed by atoms with Gasteiger partial charge >= 0.3 is 0 Å². The lowest BCUT2D eigenvalue weighted by molar-refractivity contribution is 0.813. The Morgan fingerprint density at radius 3 is 2.53 bits per heavy atom. The molecule has 1 N–H and O–H groups in total. The third kappa shape index (κ3) is 2.95. The number of aromatic nitrogens is 3. The fourth-order valence-electron chi connectivity index (χ4n) is 1.98. The summed E-state index contributed by atoms with van der Waals surface area (Å²) in [7, 11) is 0. The maximum absolute atomic E-state index is 12.1. The fraction of sp³-hybridized carbons (Fsp3) is 0.308. The van der Waals surface area contributed by atoms with E-state index in [0.717, 1.165) is 20.2 Å². The first kappa shape index (κ1) is 14.4. The Bertz CT molecular complexity index is 680. The first-order valence-electron chi connectivity index (χ1n) is 5.82. The van der Waals surface area contributed by atoms with Crippen LogP contribution in [0.15, 0.2) is 26.0 Å². The van der Waals surface area contributed by atoms with Gasteiger partial charge in [0.15, 0.2) is 5.82 Å². The van der Waals surface area contributed by atoms with Crippen LogP contribution in [0.2, 0.25) is 0 Å². The van der Waals surface area contributed by atoms with Gasteiger partial charge in [0.25, 0.3) is 5.56 Å². The number of rotatable bonds is 2. The van der Waals surface area contributed by atoms with E-state index in [1.165, 1.54) is 0 Å². The van der Waals surface area contributed by atoms with Gasteiger partial charge in [-0.15, -0.1) is 0 Å². The van der Waals surface area contributed by atoms with Crippen LogP contribution >= 0.6 is 31.9 Å². The minimum atomic E-state index is -0.103. The summed E-state index contributed by atoms with van der Waals surface area (Å²) < 4.78 is 1.64. The first-order chi connectivity index (χ1) is 8.90. The molecule has 0 unspecified atom stereocenters.